The molecule has 0 radical (unpaired) electrons. The van der Waals surface area contributed by atoms with Gasteiger partial charge in [0.2, 0.25) is 0 Å². The van der Waals surface area contributed by atoms with Crippen LogP contribution < -0.4 is 0 Å². The highest BCUT2D eigenvalue weighted by Crippen LogP contribution is 2.26. The Kier molecular flexibility index (Phi) is 4.62. The van der Waals surface area contributed by atoms with Gasteiger partial charge in [-0.2, -0.15) is 11.8 Å². The van der Waals surface area contributed by atoms with Gasteiger partial charge in [0, 0.05) is 11.3 Å². The number of thiazole rings is 1. The average molecular weight is 269 g/mol. The quantitative estimate of drug-likeness (QED) is 0.839. The Morgan fingerprint density at radius 1 is 1.35 bits per heavy atom. The lowest BCUT2D eigenvalue weighted by Gasteiger charge is -2.20. The molecule has 4 heteroatoms. The largest absolute Gasteiger partial charge is 0.299 e. The van der Waals surface area contributed by atoms with Crippen molar-refractivity contribution in [3.05, 3.63) is 15.6 Å². The van der Waals surface area contributed by atoms with Gasteiger partial charge in [-0.25, -0.2) is 4.98 Å². The maximum absolute atomic E-state index is 12.0. The molecule has 1 aromatic rings. The number of hydrogen-bond donors (Lipinski definition) is 0. The number of hydrogen-bond acceptors (Lipinski definition) is 4. The number of aryl methyl sites for hydroxylation is 2. The number of carbonyl (C=O) groups is 1. The predicted octanol–water partition coefficient (Wildman–Crippen LogP) is 3.40. The Hall–Kier alpha value is -0.350. The molecular formula is C13H19NOS2. The molecule has 0 saturated carbocycles. The lowest BCUT2D eigenvalue weighted by atomic mass is 9.95. The van der Waals surface area contributed by atoms with Crippen LogP contribution in [-0.2, 0) is 11.2 Å². The first-order valence-corrected chi connectivity index (χ1v) is 8.14. The SMILES string of the molecule is Cc1nc(CC(=O)CC2CCSCC2)sc1C. The van der Waals surface area contributed by atoms with Crippen molar-refractivity contribution in [2.45, 2.75) is 39.5 Å². The zero-order valence-electron chi connectivity index (χ0n) is 10.5. The number of nitrogens with zero attached hydrogens (tertiary/aromatic N) is 1. The molecule has 0 amide bonds. The minimum absolute atomic E-state index is 0.371. The Morgan fingerprint density at radius 2 is 2.06 bits per heavy atom. The molecule has 0 N–H and O–H groups in total. The van der Waals surface area contributed by atoms with E-state index in [4.69, 9.17) is 0 Å². The van der Waals surface area contributed by atoms with E-state index < -0.39 is 0 Å². The van der Waals surface area contributed by atoms with Crippen molar-refractivity contribution in [2.24, 2.45) is 5.92 Å². The molecule has 17 heavy (non-hydrogen) atoms. The third-order valence-electron chi connectivity index (χ3n) is 3.28. The van der Waals surface area contributed by atoms with E-state index in [-0.39, 0.29) is 0 Å². The first-order chi connectivity index (χ1) is 8.15. The van der Waals surface area contributed by atoms with E-state index in [0.29, 0.717) is 18.1 Å². The van der Waals surface area contributed by atoms with Crippen LogP contribution in [0.25, 0.3) is 0 Å². The van der Waals surface area contributed by atoms with E-state index in [1.807, 2.05) is 18.7 Å². The molecule has 0 bridgehead atoms. The highest BCUT2D eigenvalue weighted by Gasteiger charge is 2.18. The summed E-state index contributed by atoms with van der Waals surface area (Å²) >= 11 is 3.68. The van der Waals surface area contributed by atoms with Crippen LogP contribution in [-0.4, -0.2) is 22.3 Å². The lowest BCUT2D eigenvalue weighted by Crippen LogP contribution is -2.15. The van der Waals surface area contributed by atoms with Crippen LogP contribution in [0, 0.1) is 19.8 Å². The number of Topliss-reactive ketones (excluding diaryl/α,β-unsaturated/α-hetero) is 1. The summed E-state index contributed by atoms with van der Waals surface area (Å²) in [5.41, 5.74) is 1.08. The van der Waals surface area contributed by atoms with Gasteiger partial charge in [-0.3, -0.25) is 4.79 Å². The number of thioether (sulfide) groups is 1. The van der Waals surface area contributed by atoms with Gasteiger partial charge in [0.15, 0.2) is 0 Å². The first-order valence-electron chi connectivity index (χ1n) is 6.17. The fraction of sp³-hybridized carbons (Fsp3) is 0.692. The number of ketones is 1. The molecule has 2 nitrogen and oxygen atoms in total. The molecule has 0 unspecified atom stereocenters. The smallest absolute Gasteiger partial charge is 0.139 e. The molecule has 0 aromatic carbocycles. The summed E-state index contributed by atoms with van der Waals surface area (Å²) < 4.78 is 0. The highest BCUT2D eigenvalue weighted by molar-refractivity contribution is 7.99. The second-order valence-corrected chi connectivity index (χ2v) is 7.24. The van der Waals surface area contributed by atoms with Crippen molar-refractivity contribution in [3.63, 3.8) is 0 Å². The van der Waals surface area contributed by atoms with Crippen LogP contribution in [0.15, 0.2) is 0 Å². The predicted molar refractivity (Wildman–Crippen MR) is 75.0 cm³/mol. The van der Waals surface area contributed by atoms with Gasteiger partial charge in [0.1, 0.15) is 10.8 Å². The number of carbonyl (C=O) groups excluding carboxylic acids is 1. The molecule has 0 aliphatic carbocycles. The Balaban J connectivity index is 1.84. The van der Waals surface area contributed by atoms with E-state index in [1.165, 1.54) is 29.2 Å². The van der Waals surface area contributed by atoms with Gasteiger partial charge in [-0.15, -0.1) is 11.3 Å². The lowest BCUT2D eigenvalue weighted by molar-refractivity contribution is -0.119. The molecule has 0 atom stereocenters. The molecule has 1 saturated heterocycles. The summed E-state index contributed by atoms with van der Waals surface area (Å²) in [5.74, 6) is 3.46. The third-order valence-corrected chi connectivity index (χ3v) is 5.40. The summed E-state index contributed by atoms with van der Waals surface area (Å²) in [4.78, 5) is 17.6. The van der Waals surface area contributed by atoms with Gasteiger partial charge < -0.3 is 0 Å². The van der Waals surface area contributed by atoms with Crippen LogP contribution >= 0.6 is 23.1 Å². The van der Waals surface area contributed by atoms with Gasteiger partial charge in [0.05, 0.1) is 12.1 Å². The van der Waals surface area contributed by atoms with E-state index in [9.17, 15) is 4.79 Å². The number of aromatic nitrogens is 1. The minimum Gasteiger partial charge on any atom is -0.299 e. The Labute approximate surface area is 111 Å². The van der Waals surface area contributed by atoms with Crippen LogP contribution in [0.5, 0.6) is 0 Å². The fourth-order valence-electron chi connectivity index (χ4n) is 2.13. The zero-order valence-corrected chi connectivity index (χ0v) is 12.1. The molecule has 0 spiro atoms. The van der Waals surface area contributed by atoms with Crippen LogP contribution in [0.4, 0.5) is 0 Å². The van der Waals surface area contributed by atoms with Crippen LogP contribution in [0.1, 0.15) is 34.8 Å². The minimum atomic E-state index is 0.371. The summed E-state index contributed by atoms with van der Waals surface area (Å²) in [6, 6.07) is 0. The fourth-order valence-corrected chi connectivity index (χ4v) is 4.29. The van der Waals surface area contributed by atoms with Gasteiger partial charge in [-0.05, 0) is 44.1 Å². The summed E-state index contributed by atoms with van der Waals surface area (Å²) in [7, 11) is 0. The van der Waals surface area contributed by atoms with Crippen LogP contribution in [0.2, 0.25) is 0 Å². The average Bonchev–Trinajstić information content (AvgIpc) is 2.59. The highest BCUT2D eigenvalue weighted by atomic mass is 32.2. The zero-order chi connectivity index (χ0) is 12.3. The van der Waals surface area contributed by atoms with Crippen molar-refractivity contribution in [1.82, 2.24) is 4.98 Å². The molecule has 1 fully saturated rings. The van der Waals surface area contributed by atoms with Crippen LogP contribution in [0.3, 0.4) is 0 Å². The van der Waals surface area contributed by atoms with Gasteiger partial charge in [-0.1, -0.05) is 0 Å². The van der Waals surface area contributed by atoms with Crippen molar-refractivity contribution in [3.8, 4) is 0 Å². The normalized spacial score (nSPS) is 17.3. The maximum atomic E-state index is 12.0. The van der Waals surface area contributed by atoms with Crippen molar-refractivity contribution < 1.29 is 4.79 Å². The van der Waals surface area contributed by atoms with Gasteiger partial charge >= 0.3 is 0 Å². The first kappa shape index (κ1) is 13.1. The standard InChI is InChI=1S/C13H19NOS2/c1-9-10(2)17-13(14-9)8-12(15)7-11-3-5-16-6-4-11/h11H,3-8H2,1-2H3. The molecular weight excluding hydrogens is 250 g/mol. The summed E-state index contributed by atoms with van der Waals surface area (Å²) in [5, 5.41) is 0.996. The second-order valence-electron chi connectivity index (χ2n) is 4.72. The molecule has 1 aliphatic rings. The molecule has 1 aliphatic heterocycles. The van der Waals surface area contributed by atoms with E-state index >= 15 is 0 Å². The van der Waals surface area contributed by atoms with E-state index in [1.54, 1.807) is 11.3 Å². The second kappa shape index (κ2) is 6.01. The van der Waals surface area contributed by atoms with Crippen molar-refractivity contribution >= 4 is 28.9 Å². The van der Waals surface area contributed by atoms with Crippen molar-refractivity contribution in [2.75, 3.05) is 11.5 Å². The topological polar surface area (TPSA) is 30.0 Å². The molecule has 2 heterocycles. The monoisotopic (exact) mass is 269 g/mol. The third kappa shape index (κ3) is 3.81. The Morgan fingerprint density at radius 3 is 2.65 bits per heavy atom. The summed E-state index contributed by atoms with van der Waals surface area (Å²) in [6.07, 6.45) is 3.74. The van der Waals surface area contributed by atoms with Crippen molar-refractivity contribution in [1.29, 1.82) is 0 Å². The molecule has 1 aromatic heterocycles. The molecule has 2 rings (SSSR count). The Bertz CT molecular complexity index is 375. The summed E-state index contributed by atoms with van der Waals surface area (Å²) in [6.45, 7) is 4.08. The number of rotatable bonds is 4. The maximum Gasteiger partial charge on any atom is 0.139 e. The van der Waals surface area contributed by atoms with Gasteiger partial charge in [0.25, 0.3) is 0 Å². The van der Waals surface area contributed by atoms with E-state index in [0.717, 1.165) is 17.1 Å². The van der Waals surface area contributed by atoms with E-state index in [2.05, 4.69) is 11.9 Å². The molecule has 94 valence electrons.